The van der Waals surface area contributed by atoms with Crippen LogP contribution >= 0.6 is 0 Å². The number of nitrogens with two attached hydrogens (primary N) is 2. The van der Waals surface area contributed by atoms with Crippen LogP contribution in [0.15, 0.2) is 0 Å². The van der Waals surface area contributed by atoms with Crippen LogP contribution < -0.4 is 11.5 Å². The highest BCUT2D eigenvalue weighted by Gasteiger charge is 2.45. The third-order valence-electron chi connectivity index (χ3n) is 5.20. The van der Waals surface area contributed by atoms with Crippen molar-refractivity contribution in [2.75, 3.05) is 0 Å². The second-order valence-electron chi connectivity index (χ2n) is 6.48. The van der Waals surface area contributed by atoms with E-state index >= 15 is 0 Å². The van der Waals surface area contributed by atoms with Gasteiger partial charge in [-0.15, -0.1) is 0 Å². The first-order valence-electron chi connectivity index (χ1n) is 7.08. The summed E-state index contributed by atoms with van der Waals surface area (Å²) in [5, 5.41) is 0. The van der Waals surface area contributed by atoms with Crippen LogP contribution in [0.5, 0.6) is 0 Å². The summed E-state index contributed by atoms with van der Waals surface area (Å²) in [6.45, 7) is 4.64. The topological polar surface area (TPSA) is 52.0 Å². The first-order chi connectivity index (χ1) is 7.54. The largest absolute Gasteiger partial charge is 0.326 e. The molecule has 5 atom stereocenters. The fraction of sp³-hybridized carbons (Fsp3) is 1.00. The molecule has 2 aliphatic rings. The van der Waals surface area contributed by atoms with Gasteiger partial charge in [0.05, 0.1) is 0 Å². The Balaban J connectivity index is 2.09. The molecule has 4 N–H and O–H groups in total. The third kappa shape index (κ3) is 2.14. The quantitative estimate of drug-likeness (QED) is 0.719. The Labute approximate surface area is 100 Å². The molecule has 2 saturated carbocycles. The second kappa shape index (κ2) is 4.66. The zero-order valence-electron chi connectivity index (χ0n) is 10.9. The summed E-state index contributed by atoms with van der Waals surface area (Å²) < 4.78 is 0. The van der Waals surface area contributed by atoms with E-state index in [4.69, 9.17) is 11.5 Å². The molecule has 2 heteroatoms. The van der Waals surface area contributed by atoms with E-state index in [2.05, 4.69) is 13.8 Å². The Bertz CT molecular complexity index is 241. The minimum absolute atomic E-state index is 0.0631. The highest BCUT2D eigenvalue weighted by Crippen LogP contribution is 2.42. The minimum Gasteiger partial charge on any atom is -0.326 e. The fourth-order valence-electron chi connectivity index (χ4n) is 4.00. The molecule has 2 nitrogen and oxygen atoms in total. The van der Waals surface area contributed by atoms with Crippen molar-refractivity contribution in [3.8, 4) is 0 Å². The van der Waals surface area contributed by atoms with Crippen LogP contribution in [0, 0.1) is 17.8 Å². The van der Waals surface area contributed by atoms with Gasteiger partial charge in [0.1, 0.15) is 0 Å². The molecule has 0 heterocycles. The van der Waals surface area contributed by atoms with E-state index in [9.17, 15) is 0 Å². The zero-order valence-corrected chi connectivity index (χ0v) is 10.9. The van der Waals surface area contributed by atoms with Crippen molar-refractivity contribution in [3.63, 3.8) is 0 Å². The molecule has 2 aliphatic carbocycles. The molecule has 0 amide bonds. The molecule has 0 aromatic heterocycles. The van der Waals surface area contributed by atoms with Crippen molar-refractivity contribution in [3.05, 3.63) is 0 Å². The van der Waals surface area contributed by atoms with Gasteiger partial charge in [-0.2, -0.15) is 0 Å². The maximum absolute atomic E-state index is 6.70. The summed E-state index contributed by atoms with van der Waals surface area (Å²) in [5.41, 5.74) is 13.0. The van der Waals surface area contributed by atoms with Crippen molar-refractivity contribution in [1.82, 2.24) is 0 Å². The molecule has 2 fully saturated rings. The van der Waals surface area contributed by atoms with Crippen LogP contribution in [-0.2, 0) is 0 Å². The van der Waals surface area contributed by atoms with Crippen molar-refractivity contribution >= 4 is 0 Å². The SMILES string of the molecule is CC1CCCC(C2(N)CCCC(C)C2N)C1. The third-order valence-corrected chi connectivity index (χ3v) is 5.20. The number of hydrogen-bond acceptors (Lipinski definition) is 2. The van der Waals surface area contributed by atoms with E-state index in [1.807, 2.05) is 0 Å². The van der Waals surface area contributed by atoms with Crippen LogP contribution in [0.3, 0.4) is 0 Å². The van der Waals surface area contributed by atoms with E-state index in [1.165, 1.54) is 38.5 Å². The van der Waals surface area contributed by atoms with E-state index in [0.29, 0.717) is 11.8 Å². The van der Waals surface area contributed by atoms with E-state index in [1.54, 1.807) is 0 Å². The average Bonchev–Trinajstić information content (AvgIpc) is 2.26. The van der Waals surface area contributed by atoms with Gasteiger partial charge in [-0.05, 0) is 43.4 Å². The molecule has 0 radical (unpaired) electrons. The number of hydrogen-bond donors (Lipinski definition) is 2. The first-order valence-corrected chi connectivity index (χ1v) is 7.08. The molecule has 0 saturated heterocycles. The monoisotopic (exact) mass is 224 g/mol. The van der Waals surface area contributed by atoms with Gasteiger partial charge in [0, 0.05) is 11.6 Å². The smallest absolute Gasteiger partial charge is 0.0339 e. The standard InChI is InChI=1S/C14H28N2/c1-10-5-3-7-12(9-10)14(16)8-4-6-11(2)13(14)15/h10-13H,3-9,15-16H2,1-2H3. The lowest BCUT2D eigenvalue weighted by molar-refractivity contribution is 0.0862. The second-order valence-corrected chi connectivity index (χ2v) is 6.48. The van der Waals surface area contributed by atoms with Crippen LogP contribution in [-0.4, -0.2) is 11.6 Å². The molecule has 0 aromatic carbocycles. The van der Waals surface area contributed by atoms with Crippen molar-refractivity contribution in [2.24, 2.45) is 29.2 Å². The zero-order chi connectivity index (χ0) is 11.8. The Morgan fingerprint density at radius 2 is 1.81 bits per heavy atom. The Morgan fingerprint density at radius 3 is 2.50 bits per heavy atom. The van der Waals surface area contributed by atoms with Crippen LogP contribution in [0.1, 0.15) is 58.8 Å². The molecule has 0 spiro atoms. The average molecular weight is 224 g/mol. The Kier molecular flexibility index (Phi) is 3.60. The van der Waals surface area contributed by atoms with Crippen molar-refractivity contribution in [2.45, 2.75) is 70.4 Å². The van der Waals surface area contributed by atoms with E-state index < -0.39 is 0 Å². The molecule has 16 heavy (non-hydrogen) atoms. The maximum atomic E-state index is 6.70. The molecular weight excluding hydrogens is 196 g/mol. The Morgan fingerprint density at radius 1 is 1.06 bits per heavy atom. The van der Waals surface area contributed by atoms with Crippen LogP contribution in [0.25, 0.3) is 0 Å². The van der Waals surface area contributed by atoms with Crippen molar-refractivity contribution in [1.29, 1.82) is 0 Å². The summed E-state index contributed by atoms with van der Waals surface area (Å²) in [4.78, 5) is 0. The van der Waals surface area contributed by atoms with Gasteiger partial charge in [-0.3, -0.25) is 0 Å². The molecule has 94 valence electrons. The first kappa shape index (κ1) is 12.4. The summed E-state index contributed by atoms with van der Waals surface area (Å²) in [6.07, 6.45) is 9.04. The van der Waals surface area contributed by atoms with Gasteiger partial charge in [-0.1, -0.05) is 33.1 Å². The highest BCUT2D eigenvalue weighted by atomic mass is 14.9. The van der Waals surface area contributed by atoms with Crippen LogP contribution in [0.4, 0.5) is 0 Å². The van der Waals surface area contributed by atoms with Crippen LogP contribution in [0.2, 0.25) is 0 Å². The van der Waals surface area contributed by atoms with Gasteiger partial charge in [0.2, 0.25) is 0 Å². The normalized spacial score (nSPS) is 50.2. The highest BCUT2D eigenvalue weighted by molar-refractivity contribution is 5.04. The Hall–Kier alpha value is -0.0800. The predicted molar refractivity (Wildman–Crippen MR) is 69.0 cm³/mol. The molecule has 0 aromatic rings. The molecule has 0 bridgehead atoms. The summed E-state index contributed by atoms with van der Waals surface area (Å²) in [7, 11) is 0. The lowest BCUT2D eigenvalue weighted by Gasteiger charge is -2.50. The van der Waals surface area contributed by atoms with E-state index in [-0.39, 0.29) is 11.6 Å². The molecule has 5 unspecified atom stereocenters. The summed E-state index contributed by atoms with van der Waals surface area (Å²) >= 11 is 0. The van der Waals surface area contributed by atoms with Gasteiger partial charge < -0.3 is 11.5 Å². The van der Waals surface area contributed by atoms with E-state index in [0.717, 1.165) is 12.3 Å². The minimum atomic E-state index is -0.0631. The van der Waals surface area contributed by atoms with Gasteiger partial charge in [0.15, 0.2) is 0 Å². The number of rotatable bonds is 1. The fourth-order valence-corrected chi connectivity index (χ4v) is 4.00. The maximum Gasteiger partial charge on any atom is 0.0339 e. The molecular formula is C14H28N2. The molecule has 0 aliphatic heterocycles. The van der Waals surface area contributed by atoms with Gasteiger partial charge in [0.25, 0.3) is 0 Å². The molecule has 2 rings (SSSR count). The summed E-state index contributed by atoms with van der Waals surface area (Å²) in [5.74, 6) is 2.13. The van der Waals surface area contributed by atoms with Gasteiger partial charge >= 0.3 is 0 Å². The van der Waals surface area contributed by atoms with Gasteiger partial charge in [-0.25, -0.2) is 0 Å². The predicted octanol–water partition coefficient (Wildman–Crippen LogP) is 2.66. The lowest BCUT2D eigenvalue weighted by Crippen LogP contribution is -2.64. The lowest BCUT2D eigenvalue weighted by atomic mass is 9.62. The van der Waals surface area contributed by atoms with Crippen molar-refractivity contribution < 1.29 is 0 Å². The summed E-state index contributed by atoms with van der Waals surface area (Å²) in [6, 6.07) is 0.219.